The van der Waals surface area contributed by atoms with Gasteiger partial charge in [-0.3, -0.25) is 4.79 Å². The number of guanidine groups is 1. The molecular formula is C19H32N4O2. The maximum atomic E-state index is 12.0. The van der Waals surface area contributed by atoms with Gasteiger partial charge in [0, 0.05) is 45.2 Å². The molecule has 0 bridgehead atoms. The molecule has 1 unspecified atom stereocenters. The van der Waals surface area contributed by atoms with Crippen LogP contribution in [0.25, 0.3) is 0 Å². The van der Waals surface area contributed by atoms with Crippen molar-refractivity contribution in [2.24, 2.45) is 22.2 Å². The van der Waals surface area contributed by atoms with Crippen LogP contribution in [0.3, 0.4) is 0 Å². The quantitative estimate of drug-likeness (QED) is 0.601. The van der Waals surface area contributed by atoms with E-state index >= 15 is 0 Å². The third kappa shape index (κ3) is 3.94. The Bertz CT molecular complexity index is 522. The van der Waals surface area contributed by atoms with E-state index in [-0.39, 0.29) is 12.5 Å². The third-order valence-corrected chi connectivity index (χ3v) is 6.34. The topological polar surface area (TPSA) is 57.2 Å². The second-order valence-corrected chi connectivity index (χ2v) is 8.75. The van der Waals surface area contributed by atoms with Crippen molar-refractivity contribution in [3.63, 3.8) is 0 Å². The molecule has 1 spiro atoms. The number of carbonyl (C=O) groups is 1. The van der Waals surface area contributed by atoms with Crippen LogP contribution < -0.4 is 5.32 Å². The highest BCUT2D eigenvalue weighted by atomic mass is 16.5. The summed E-state index contributed by atoms with van der Waals surface area (Å²) >= 11 is 0. The minimum atomic E-state index is 0.0619. The van der Waals surface area contributed by atoms with Crippen molar-refractivity contribution in [1.29, 1.82) is 0 Å². The minimum Gasteiger partial charge on any atom is -0.381 e. The van der Waals surface area contributed by atoms with Crippen molar-refractivity contribution >= 4 is 11.9 Å². The smallest absolute Gasteiger partial charge is 0.243 e. The molecule has 0 aromatic carbocycles. The Labute approximate surface area is 151 Å². The summed E-state index contributed by atoms with van der Waals surface area (Å²) in [5.74, 6) is 2.65. The summed E-state index contributed by atoms with van der Waals surface area (Å²) in [6.07, 6.45) is 7.70. The fourth-order valence-electron chi connectivity index (χ4n) is 4.29. The van der Waals surface area contributed by atoms with Gasteiger partial charge in [0.1, 0.15) is 6.54 Å². The fraction of sp³-hybridized carbons (Fsp3) is 0.895. The largest absolute Gasteiger partial charge is 0.381 e. The van der Waals surface area contributed by atoms with E-state index in [1.165, 1.54) is 32.1 Å². The van der Waals surface area contributed by atoms with E-state index in [0.717, 1.165) is 50.5 Å². The number of hydrogen-bond acceptors (Lipinski definition) is 3. The van der Waals surface area contributed by atoms with Crippen molar-refractivity contribution in [2.45, 2.75) is 44.6 Å². The van der Waals surface area contributed by atoms with Crippen LogP contribution in [0.1, 0.15) is 38.5 Å². The Kier molecular flexibility index (Phi) is 4.65. The van der Waals surface area contributed by atoms with Crippen LogP contribution in [0.5, 0.6) is 0 Å². The number of amides is 1. The molecule has 6 nitrogen and oxygen atoms in total. The average Bonchev–Trinajstić information content (AvgIpc) is 3.53. The molecule has 0 aromatic heterocycles. The van der Waals surface area contributed by atoms with Gasteiger partial charge in [0.2, 0.25) is 5.91 Å². The molecule has 25 heavy (non-hydrogen) atoms. The van der Waals surface area contributed by atoms with Gasteiger partial charge in [-0.2, -0.15) is 0 Å². The van der Waals surface area contributed by atoms with Gasteiger partial charge in [-0.1, -0.05) is 0 Å². The Morgan fingerprint density at radius 3 is 2.56 bits per heavy atom. The highest BCUT2D eigenvalue weighted by Gasteiger charge is 2.45. The van der Waals surface area contributed by atoms with Crippen LogP contribution in [-0.2, 0) is 9.53 Å². The molecule has 0 radical (unpaired) electrons. The summed E-state index contributed by atoms with van der Waals surface area (Å²) in [6.45, 7) is 4.03. The molecule has 2 aliphatic carbocycles. The van der Waals surface area contributed by atoms with Gasteiger partial charge in [0.25, 0.3) is 0 Å². The van der Waals surface area contributed by atoms with Crippen LogP contribution in [-0.4, -0.2) is 74.7 Å². The van der Waals surface area contributed by atoms with E-state index in [9.17, 15) is 4.79 Å². The van der Waals surface area contributed by atoms with E-state index in [1.807, 2.05) is 0 Å². The number of carbonyl (C=O) groups excluding carboxylic acids is 1. The van der Waals surface area contributed by atoms with E-state index in [0.29, 0.717) is 11.5 Å². The summed E-state index contributed by atoms with van der Waals surface area (Å²) < 4.78 is 5.67. The monoisotopic (exact) mass is 348 g/mol. The van der Waals surface area contributed by atoms with Crippen LogP contribution in [0.4, 0.5) is 0 Å². The van der Waals surface area contributed by atoms with Gasteiger partial charge in [-0.05, 0) is 50.4 Å². The Balaban J connectivity index is 1.46. The van der Waals surface area contributed by atoms with Crippen LogP contribution in [0.2, 0.25) is 0 Å². The predicted octanol–water partition coefficient (Wildman–Crippen LogP) is 1.32. The molecule has 4 rings (SSSR count). The summed E-state index contributed by atoms with van der Waals surface area (Å²) in [7, 11) is 3.59. The Morgan fingerprint density at radius 2 is 2.00 bits per heavy atom. The predicted molar refractivity (Wildman–Crippen MR) is 97.4 cm³/mol. The first-order valence-corrected chi connectivity index (χ1v) is 9.90. The van der Waals surface area contributed by atoms with Crippen molar-refractivity contribution in [2.75, 3.05) is 46.9 Å². The average molecular weight is 348 g/mol. The van der Waals surface area contributed by atoms with Crippen molar-refractivity contribution in [1.82, 2.24) is 15.1 Å². The van der Waals surface area contributed by atoms with Gasteiger partial charge in [-0.15, -0.1) is 0 Å². The van der Waals surface area contributed by atoms with Gasteiger partial charge in [0.15, 0.2) is 5.96 Å². The second kappa shape index (κ2) is 6.78. The third-order valence-electron chi connectivity index (χ3n) is 6.34. The second-order valence-electron chi connectivity index (χ2n) is 8.75. The molecule has 2 saturated carbocycles. The number of nitrogens with one attached hydrogen (secondary N) is 1. The van der Waals surface area contributed by atoms with Crippen LogP contribution in [0, 0.1) is 17.3 Å². The molecule has 4 aliphatic rings. The number of aliphatic imine (C=N–C) groups is 1. The molecule has 1 N–H and O–H groups in total. The zero-order chi connectivity index (χ0) is 17.4. The first-order chi connectivity index (χ1) is 12.1. The minimum absolute atomic E-state index is 0.0619. The van der Waals surface area contributed by atoms with Gasteiger partial charge in [-0.25, -0.2) is 4.99 Å². The molecule has 1 amide bonds. The van der Waals surface area contributed by atoms with E-state index in [2.05, 4.69) is 10.2 Å². The van der Waals surface area contributed by atoms with E-state index in [4.69, 9.17) is 9.73 Å². The first-order valence-electron chi connectivity index (χ1n) is 9.90. The number of ether oxygens (including phenoxy) is 1. The lowest BCUT2D eigenvalue weighted by Crippen LogP contribution is -2.48. The van der Waals surface area contributed by atoms with Gasteiger partial charge >= 0.3 is 0 Å². The maximum absolute atomic E-state index is 12.0. The lowest BCUT2D eigenvalue weighted by molar-refractivity contribution is -0.127. The molecule has 140 valence electrons. The standard InChI is InChI=1S/C19H32N4O2/c1-22(2)16(24)11-20-18(21-17(14-3-4-14)15-5-6-15)23-9-7-19(12-23)8-10-25-13-19/h14-15,17H,3-13H2,1-2H3,(H,20,21). The molecule has 4 fully saturated rings. The number of likely N-dealkylation sites (N-methyl/N-ethyl adjacent to an activating group) is 1. The van der Waals surface area contributed by atoms with Crippen molar-refractivity contribution < 1.29 is 9.53 Å². The number of nitrogens with zero attached hydrogens (tertiary/aromatic N) is 3. The lowest BCUT2D eigenvalue weighted by Gasteiger charge is -2.29. The first kappa shape index (κ1) is 17.1. The Hall–Kier alpha value is -1.30. The maximum Gasteiger partial charge on any atom is 0.243 e. The highest BCUT2D eigenvalue weighted by Crippen LogP contribution is 2.45. The van der Waals surface area contributed by atoms with Crippen LogP contribution in [0.15, 0.2) is 4.99 Å². The van der Waals surface area contributed by atoms with E-state index in [1.54, 1.807) is 19.0 Å². The SMILES string of the molecule is CN(C)C(=O)CN=C(NC(C1CC1)C1CC1)N1CCC2(CCOC2)C1. The number of rotatable bonds is 5. The summed E-state index contributed by atoms with van der Waals surface area (Å²) in [5, 5.41) is 3.78. The molecule has 2 heterocycles. The summed E-state index contributed by atoms with van der Waals surface area (Å²) in [5.41, 5.74) is 0.308. The van der Waals surface area contributed by atoms with Crippen molar-refractivity contribution in [3.8, 4) is 0 Å². The molecule has 2 saturated heterocycles. The van der Waals surface area contributed by atoms with Crippen LogP contribution >= 0.6 is 0 Å². The molecule has 1 atom stereocenters. The summed E-state index contributed by atoms with van der Waals surface area (Å²) in [6, 6.07) is 0.560. The molecule has 6 heteroatoms. The molecule has 0 aromatic rings. The lowest BCUT2D eigenvalue weighted by atomic mass is 9.87. The Morgan fingerprint density at radius 1 is 1.28 bits per heavy atom. The fourth-order valence-corrected chi connectivity index (χ4v) is 4.29. The van der Waals surface area contributed by atoms with Crippen molar-refractivity contribution in [3.05, 3.63) is 0 Å². The summed E-state index contributed by atoms with van der Waals surface area (Å²) in [4.78, 5) is 20.8. The van der Waals surface area contributed by atoms with Gasteiger partial charge < -0.3 is 19.9 Å². The molecule has 2 aliphatic heterocycles. The van der Waals surface area contributed by atoms with E-state index < -0.39 is 0 Å². The zero-order valence-corrected chi connectivity index (χ0v) is 15.7. The zero-order valence-electron chi connectivity index (χ0n) is 15.7. The molecular weight excluding hydrogens is 316 g/mol. The van der Waals surface area contributed by atoms with Gasteiger partial charge in [0.05, 0.1) is 6.61 Å². The highest BCUT2D eigenvalue weighted by molar-refractivity contribution is 5.85. The number of likely N-dealkylation sites (tertiary alicyclic amines) is 1. The number of hydrogen-bond donors (Lipinski definition) is 1. The normalized spacial score (nSPS) is 29.7.